The van der Waals surface area contributed by atoms with Gasteiger partial charge in [0.05, 0.1) is 0 Å². The van der Waals surface area contributed by atoms with Crippen molar-refractivity contribution in [2.45, 2.75) is 44.6 Å². The van der Waals surface area contributed by atoms with Gasteiger partial charge in [0.2, 0.25) is 11.8 Å². The van der Waals surface area contributed by atoms with Crippen LogP contribution in [0.4, 0.5) is 5.95 Å². The van der Waals surface area contributed by atoms with Crippen LogP contribution in [0.5, 0.6) is 11.6 Å². The van der Waals surface area contributed by atoms with E-state index in [0.29, 0.717) is 33.9 Å². The number of para-hydroxylation sites is 1. The second kappa shape index (κ2) is 8.97. The van der Waals surface area contributed by atoms with Crippen molar-refractivity contribution >= 4 is 34.9 Å². The largest absolute Gasteiger partial charge is 0.439 e. The molecule has 0 bridgehead atoms. The molecule has 1 aromatic heterocycles. The lowest BCUT2D eigenvalue weighted by Crippen LogP contribution is -2.37. The summed E-state index contributed by atoms with van der Waals surface area (Å²) < 4.78 is 5.71. The van der Waals surface area contributed by atoms with Crippen LogP contribution in [-0.4, -0.2) is 21.1 Å². The molecule has 2 N–H and O–H groups in total. The summed E-state index contributed by atoms with van der Waals surface area (Å²) in [7, 11) is 0. The fourth-order valence-corrected chi connectivity index (χ4v) is 3.29. The lowest BCUT2D eigenvalue weighted by molar-refractivity contribution is 0.462. The number of hydrogen-bond donors (Lipinski definition) is 2. The van der Waals surface area contributed by atoms with E-state index >= 15 is 0 Å². The van der Waals surface area contributed by atoms with Crippen molar-refractivity contribution in [3.05, 3.63) is 41.6 Å². The molecular formula is C18H21ClN4OS. The average molecular weight is 377 g/mol. The number of nitrogens with zero attached hydrogens (tertiary/aromatic N) is 2. The summed E-state index contributed by atoms with van der Waals surface area (Å²) in [6.07, 6.45) is 7.36. The molecule has 1 aromatic carbocycles. The van der Waals surface area contributed by atoms with Gasteiger partial charge < -0.3 is 15.4 Å². The maximum Gasteiger partial charge on any atom is 0.233 e. The highest BCUT2D eigenvalue weighted by molar-refractivity contribution is 7.80. The highest BCUT2D eigenvalue weighted by Crippen LogP contribution is 2.23. The molecule has 132 valence electrons. The molecule has 0 aliphatic heterocycles. The number of nitrogens with one attached hydrogen (secondary N) is 2. The van der Waals surface area contributed by atoms with Gasteiger partial charge in [-0.3, -0.25) is 0 Å². The van der Waals surface area contributed by atoms with Crippen molar-refractivity contribution in [1.29, 1.82) is 0 Å². The topological polar surface area (TPSA) is 59.1 Å². The molecule has 1 saturated carbocycles. The minimum atomic E-state index is 0.292. The van der Waals surface area contributed by atoms with Gasteiger partial charge >= 0.3 is 0 Å². The molecule has 5 nitrogen and oxygen atoms in total. The van der Waals surface area contributed by atoms with E-state index in [-0.39, 0.29) is 0 Å². The summed E-state index contributed by atoms with van der Waals surface area (Å²) in [6.45, 7) is 0. The van der Waals surface area contributed by atoms with Crippen LogP contribution in [0.3, 0.4) is 0 Å². The molecule has 2 aromatic rings. The van der Waals surface area contributed by atoms with E-state index in [1.807, 2.05) is 30.3 Å². The standard InChI is InChI=1S/C18H21ClN4OS/c19-15-12-16(24-14-10-6-3-7-11-14)22-17(21-15)23-18(25)20-13-8-4-1-2-5-9-13/h3,6-7,10-13H,1-2,4-5,8-9H2,(H2,20,21,22,23,25). The Hall–Kier alpha value is -1.92. The Kier molecular flexibility index (Phi) is 6.42. The normalized spacial score (nSPS) is 15.2. The third kappa shape index (κ3) is 5.83. The van der Waals surface area contributed by atoms with Gasteiger partial charge in [-0.2, -0.15) is 4.98 Å². The van der Waals surface area contributed by atoms with Gasteiger partial charge in [0, 0.05) is 12.1 Å². The molecule has 0 atom stereocenters. The second-order valence-electron chi connectivity index (χ2n) is 6.05. The first-order valence-electron chi connectivity index (χ1n) is 8.54. The van der Waals surface area contributed by atoms with E-state index in [1.54, 1.807) is 6.07 Å². The molecule has 0 unspecified atom stereocenters. The Bertz CT molecular complexity index is 705. The summed E-state index contributed by atoms with van der Waals surface area (Å²) in [6, 6.07) is 11.4. The quantitative estimate of drug-likeness (QED) is 0.448. The van der Waals surface area contributed by atoms with Gasteiger partial charge in [-0.1, -0.05) is 55.5 Å². The first-order chi connectivity index (χ1) is 12.2. The van der Waals surface area contributed by atoms with E-state index in [9.17, 15) is 0 Å². The van der Waals surface area contributed by atoms with Crippen LogP contribution < -0.4 is 15.4 Å². The Balaban J connectivity index is 1.62. The van der Waals surface area contributed by atoms with Gasteiger partial charge in [0.25, 0.3) is 0 Å². The fourth-order valence-electron chi connectivity index (χ4n) is 2.86. The number of thiocarbonyl (C=S) groups is 1. The highest BCUT2D eigenvalue weighted by Gasteiger charge is 2.14. The van der Waals surface area contributed by atoms with Crippen molar-refractivity contribution < 1.29 is 4.74 Å². The summed E-state index contributed by atoms with van der Waals surface area (Å²) in [5.74, 6) is 1.37. The second-order valence-corrected chi connectivity index (χ2v) is 6.85. The number of ether oxygens (including phenoxy) is 1. The average Bonchev–Trinajstić information content (AvgIpc) is 2.83. The van der Waals surface area contributed by atoms with Crippen LogP contribution in [-0.2, 0) is 0 Å². The Morgan fingerprint density at radius 3 is 2.52 bits per heavy atom. The van der Waals surface area contributed by atoms with Gasteiger partial charge in [0.1, 0.15) is 10.9 Å². The zero-order valence-corrected chi connectivity index (χ0v) is 15.4. The molecule has 7 heteroatoms. The molecule has 0 amide bonds. The maximum absolute atomic E-state index is 6.08. The van der Waals surface area contributed by atoms with Crippen molar-refractivity contribution in [2.75, 3.05) is 5.32 Å². The molecule has 1 aliphatic carbocycles. The molecule has 3 rings (SSSR count). The summed E-state index contributed by atoms with van der Waals surface area (Å²) >= 11 is 11.5. The first-order valence-corrected chi connectivity index (χ1v) is 9.33. The molecule has 25 heavy (non-hydrogen) atoms. The number of hydrogen-bond acceptors (Lipinski definition) is 4. The number of benzene rings is 1. The van der Waals surface area contributed by atoms with Crippen molar-refractivity contribution in [2.24, 2.45) is 0 Å². The van der Waals surface area contributed by atoms with Crippen molar-refractivity contribution in [3.63, 3.8) is 0 Å². The van der Waals surface area contributed by atoms with Crippen LogP contribution in [0, 0.1) is 0 Å². The first kappa shape index (κ1) is 17.9. The lowest BCUT2D eigenvalue weighted by atomic mass is 10.1. The Labute approximate surface area is 158 Å². The van der Waals surface area contributed by atoms with Crippen LogP contribution >= 0.6 is 23.8 Å². The Morgan fingerprint density at radius 2 is 1.80 bits per heavy atom. The zero-order chi connectivity index (χ0) is 17.5. The number of rotatable bonds is 4. The number of aromatic nitrogens is 2. The van der Waals surface area contributed by atoms with Crippen molar-refractivity contribution in [1.82, 2.24) is 15.3 Å². The smallest absolute Gasteiger partial charge is 0.233 e. The van der Waals surface area contributed by atoms with Crippen LogP contribution in [0.25, 0.3) is 0 Å². The van der Waals surface area contributed by atoms with Gasteiger partial charge in [0.15, 0.2) is 5.11 Å². The third-order valence-electron chi connectivity index (χ3n) is 4.05. The van der Waals surface area contributed by atoms with Crippen molar-refractivity contribution in [3.8, 4) is 11.6 Å². The molecule has 0 radical (unpaired) electrons. The molecular weight excluding hydrogens is 356 g/mol. The van der Waals surface area contributed by atoms with Gasteiger partial charge in [-0.15, -0.1) is 0 Å². The highest BCUT2D eigenvalue weighted by atomic mass is 35.5. The van der Waals surface area contributed by atoms with Crippen LogP contribution in [0.2, 0.25) is 5.15 Å². The summed E-state index contributed by atoms with van der Waals surface area (Å²) in [5.41, 5.74) is 0. The Morgan fingerprint density at radius 1 is 1.08 bits per heavy atom. The van der Waals surface area contributed by atoms with E-state index in [1.165, 1.54) is 25.7 Å². The van der Waals surface area contributed by atoms with E-state index in [4.69, 9.17) is 28.6 Å². The van der Waals surface area contributed by atoms with Crippen LogP contribution in [0.1, 0.15) is 38.5 Å². The fraction of sp³-hybridized carbons (Fsp3) is 0.389. The third-order valence-corrected chi connectivity index (χ3v) is 4.47. The molecule has 1 fully saturated rings. The lowest BCUT2D eigenvalue weighted by Gasteiger charge is -2.18. The van der Waals surface area contributed by atoms with Gasteiger partial charge in [-0.05, 0) is 37.2 Å². The molecule has 0 saturated heterocycles. The SMILES string of the molecule is S=C(Nc1nc(Cl)cc(Oc2ccccc2)n1)NC1CCCCCC1. The van der Waals surface area contributed by atoms with E-state index < -0.39 is 0 Å². The summed E-state index contributed by atoms with van der Waals surface area (Å²) in [5, 5.41) is 7.17. The van der Waals surface area contributed by atoms with E-state index in [2.05, 4.69) is 20.6 Å². The molecule has 0 spiro atoms. The molecule has 1 aliphatic rings. The molecule has 1 heterocycles. The zero-order valence-electron chi connectivity index (χ0n) is 13.9. The minimum absolute atomic E-state index is 0.292. The summed E-state index contributed by atoms with van der Waals surface area (Å²) in [4.78, 5) is 8.49. The van der Waals surface area contributed by atoms with Crippen LogP contribution in [0.15, 0.2) is 36.4 Å². The maximum atomic E-state index is 6.08. The predicted molar refractivity (Wildman–Crippen MR) is 104 cm³/mol. The predicted octanol–water partition coefficient (Wildman–Crippen LogP) is 4.93. The number of anilines is 1. The number of halogens is 1. The van der Waals surface area contributed by atoms with E-state index in [0.717, 1.165) is 12.8 Å². The minimum Gasteiger partial charge on any atom is -0.439 e. The van der Waals surface area contributed by atoms with Gasteiger partial charge in [-0.25, -0.2) is 4.98 Å². The monoisotopic (exact) mass is 376 g/mol.